The Balaban J connectivity index is 2.58. The van der Waals surface area contributed by atoms with E-state index in [0.29, 0.717) is 9.75 Å². The highest BCUT2D eigenvalue weighted by Gasteiger charge is 2.04. The van der Waals surface area contributed by atoms with Crippen molar-refractivity contribution >= 4 is 22.6 Å². The molecule has 0 N–H and O–H groups in total. The quantitative estimate of drug-likeness (QED) is 0.754. The lowest BCUT2D eigenvalue weighted by Gasteiger charge is -1.95. The minimum atomic E-state index is 0.580. The minimum Gasteiger partial charge on any atom is -0.339 e. The lowest BCUT2D eigenvalue weighted by molar-refractivity contribution is 0.360. The number of nitrogens with zero attached hydrogens (tertiary/aromatic N) is 2. The van der Waals surface area contributed by atoms with Gasteiger partial charge in [0.05, 0.1) is 0 Å². The molecule has 0 bridgehead atoms. The van der Waals surface area contributed by atoms with Crippen LogP contribution in [-0.2, 0) is 6.42 Å². The van der Waals surface area contributed by atoms with Crippen molar-refractivity contribution < 1.29 is 4.52 Å². The van der Waals surface area contributed by atoms with E-state index in [2.05, 4.69) is 24.0 Å². The molecule has 0 radical (unpaired) electrons. The van der Waals surface area contributed by atoms with Gasteiger partial charge < -0.3 is 4.52 Å². The van der Waals surface area contributed by atoms with Crippen molar-refractivity contribution in [2.45, 2.75) is 20.3 Å². The van der Waals surface area contributed by atoms with Gasteiger partial charge in [0.1, 0.15) is 0 Å². The Morgan fingerprint density at radius 1 is 1.60 bits per heavy atom. The Bertz CT molecular complexity index is 209. The summed E-state index contributed by atoms with van der Waals surface area (Å²) in [5.41, 5.74) is 0. The summed E-state index contributed by atoms with van der Waals surface area (Å²) in [6, 6.07) is 0. The van der Waals surface area contributed by atoms with Crippen molar-refractivity contribution in [3.63, 3.8) is 0 Å². The molecule has 0 aliphatic rings. The van der Waals surface area contributed by atoms with Crippen molar-refractivity contribution in [1.29, 1.82) is 0 Å². The topological polar surface area (TPSA) is 38.9 Å². The highest BCUT2D eigenvalue weighted by Crippen LogP contribution is 2.06. The molecule has 0 aliphatic heterocycles. The Hall–Kier alpha value is -0.130. The first-order chi connectivity index (χ1) is 4.68. The van der Waals surface area contributed by atoms with Crippen LogP contribution in [-0.4, -0.2) is 10.1 Å². The number of hydrogen-bond donors (Lipinski definition) is 0. The van der Waals surface area contributed by atoms with Crippen LogP contribution in [0.3, 0.4) is 0 Å². The molecule has 0 fully saturated rings. The molecule has 56 valence electrons. The van der Waals surface area contributed by atoms with Crippen molar-refractivity contribution in [3.8, 4) is 0 Å². The Morgan fingerprint density at radius 3 is 2.70 bits per heavy atom. The molecular formula is C6H9IN2O. The first-order valence-electron chi connectivity index (χ1n) is 3.16. The van der Waals surface area contributed by atoms with Crippen molar-refractivity contribution in [1.82, 2.24) is 10.1 Å². The fourth-order valence-electron chi connectivity index (χ4n) is 0.666. The van der Waals surface area contributed by atoms with E-state index < -0.39 is 0 Å². The van der Waals surface area contributed by atoms with Crippen LogP contribution in [0, 0.1) is 9.75 Å². The molecule has 0 aromatic carbocycles. The van der Waals surface area contributed by atoms with E-state index in [9.17, 15) is 0 Å². The van der Waals surface area contributed by atoms with Gasteiger partial charge in [-0.05, 0) is 5.92 Å². The molecule has 0 saturated carbocycles. The molecular weight excluding hydrogens is 243 g/mol. The van der Waals surface area contributed by atoms with E-state index in [-0.39, 0.29) is 0 Å². The lowest BCUT2D eigenvalue weighted by atomic mass is 10.1. The third-order valence-electron chi connectivity index (χ3n) is 1.03. The molecule has 0 amide bonds. The maximum Gasteiger partial charge on any atom is 0.232 e. The molecule has 0 saturated heterocycles. The second-order valence-corrected chi connectivity index (χ2v) is 3.52. The van der Waals surface area contributed by atoms with E-state index in [1.807, 2.05) is 22.6 Å². The summed E-state index contributed by atoms with van der Waals surface area (Å²) in [5.74, 6) is 1.32. The summed E-state index contributed by atoms with van der Waals surface area (Å²) in [6.45, 7) is 4.24. The van der Waals surface area contributed by atoms with Crippen LogP contribution < -0.4 is 0 Å². The van der Waals surface area contributed by atoms with Gasteiger partial charge in [0, 0.05) is 29.0 Å². The van der Waals surface area contributed by atoms with Crippen molar-refractivity contribution in [3.05, 3.63) is 9.72 Å². The summed E-state index contributed by atoms with van der Waals surface area (Å²) in [7, 11) is 0. The van der Waals surface area contributed by atoms with Gasteiger partial charge in [0.15, 0.2) is 0 Å². The smallest absolute Gasteiger partial charge is 0.232 e. The normalized spacial score (nSPS) is 10.8. The van der Waals surface area contributed by atoms with Crippen LogP contribution >= 0.6 is 22.6 Å². The number of rotatable bonds is 2. The van der Waals surface area contributed by atoms with Crippen LogP contribution in [0.2, 0.25) is 0 Å². The average Bonchev–Trinajstić information content (AvgIpc) is 2.13. The summed E-state index contributed by atoms with van der Waals surface area (Å²) in [6.07, 6.45) is 0.871. The minimum absolute atomic E-state index is 0.580. The van der Waals surface area contributed by atoms with Gasteiger partial charge in [-0.25, -0.2) is 0 Å². The predicted octanol–water partition coefficient (Wildman–Crippen LogP) is 1.87. The van der Waals surface area contributed by atoms with Gasteiger partial charge in [-0.15, -0.1) is 0 Å². The van der Waals surface area contributed by atoms with E-state index >= 15 is 0 Å². The molecule has 0 unspecified atom stereocenters. The standard InChI is InChI=1S/C6H9IN2O/c1-4(2)3-5-8-6(7)9-10-5/h4H,3H2,1-2H3. The van der Waals surface area contributed by atoms with Gasteiger partial charge >= 0.3 is 0 Å². The molecule has 1 rings (SSSR count). The van der Waals surface area contributed by atoms with Crippen LogP contribution in [0.25, 0.3) is 0 Å². The molecule has 0 atom stereocenters. The SMILES string of the molecule is CC(C)Cc1nc(I)no1. The van der Waals surface area contributed by atoms with Gasteiger partial charge in [0.2, 0.25) is 9.72 Å². The maximum absolute atomic E-state index is 4.91. The summed E-state index contributed by atoms with van der Waals surface area (Å²) in [5, 5.41) is 3.67. The maximum atomic E-state index is 4.91. The number of halogens is 1. The molecule has 1 aromatic heterocycles. The zero-order valence-electron chi connectivity index (χ0n) is 5.97. The first kappa shape index (κ1) is 7.97. The third-order valence-corrected chi connectivity index (χ3v) is 1.46. The Kier molecular flexibility index (Phi) is 2.64. The summed E-state index contributed by atoms with van der Waals surface area (Å²) < 4.78 is 5.59. The Morgan fingerprint density at radius 2 is 2.30 bits per heavy atom. The van der Waals surface area contributed by atoms with Gasteiger partial charge in [-0.1, -0.05) is 19.0 Å². The molecule has 10 heavy (non-hydrogen) atoms. The van der Waals surface area contributed by atoms with Gasteiger partial charge in [-0.3, -0.25) is 0 Å². The van der Waals surface area contributed by atoms with Crippen LogP contribution in [0.1, 0.15) is 19.7 Å². The predicted molar refractivity (Wildman–Crippen MR) is 45.6 cm³/mol. The molecule has 4 heteroatoms. The highest BCUT2D eigenvalue weighted by molar-refractivity contribution is 14.1. The number of hydrogen-bond acceptors (Lipinski definition) is 3. The summed E-state index contributed by atoms with van der Waals surface area (Å²) >= 11 is 2.03. The molecule has 0 aliphatic carbocycles. The Labute approximate surface area is 73.3 Å². The fourth-order valence-corrected chi connectivity index (χ4v) is 1.03. The van der Waals surface area contributed by atoms with Crippen LogP contribution in [0.5, 0.6) is 0 Å². The molecule has 3 nitrogen and oxygen atoms in total. The third kappa shape index (κ3) is 2.24. The zero-order chi connectivity index (χ0) is 7.56. The second-order valence-electron chi connectivity index (χ2n) is 2.56. The van der Waals surface area contributed by atoms with E-state index in [1.165, 1.54) is 0 Å². The largest absolute Gasteiger partial charge is 0.339 e. The van der Waals surface area contributed by atoms with Crippen LogP contribution in [0.4, 0.5) is 0 Å². The monoisotopic (exact) mass is 252 g/mol. The van der Waals surface area contributed by atoms with E-state index in [4.69, 9.17) is 4.52 Å². The van der Waals surface area contributed by atoms with Crippen LogP contribution in [0.15, 0.2) is 4.52 Å². The van der Waals surface area contributed by atoms with Gasteiger partial charge in [-0.2, -0.15) is 4.98 Å². The molecule has 0 spiro atoms. The lowest BCUT2D eigenvalue weighted by Crippen LogP contribution is -1.93. The van der Waals surface area contributed by atoms with Gasteiger partial charge in [0.25, 0.3) is 0 Å². The second kappa shape index (κ2) is 3.32. The van der Waals surface area contributed by atoms with Crippen molar-refractivity contribution in [2.75, 3.05) is 0 Å². The average molecular weight is 252 g/mol. The summed E-state index contributed by atoms with van der Waals surface area (Å²) in [4.78, 5) is 4.06. The molecule has 1 heterocycles. The fraction of sp³-hybridized carbons (Fsp3) is 0.667. The molecule has 1 aromatic rings. The van der Waals surface area contributed by atoms with Crippen molar-refractivity contribution in [2.24, 2.45) is 5.92 Å². The number of aromatic nitrogens is 2. The van der Waals surface area contributed by atoms with E-state index in [0.717, 1.165) is 12.3 Å². The first-order valence-corrected chi connectivity index (χ1v) is 4.24. The highest BCUT2D eigenvalue weighted by atomic mass is 127. The zero-order valence-corrected chi connectivity index (χ0v) is 8.12. The van der Waals surface area contributed by atoms with E-state index in [1.54, 1.807) is 0 Å².